The molecule has 5 heteroatoms. The van der Waals surface area contributed by atoms with E-state index in [4.69, 9.17) is 4.74 Å². The van der Waals surface area contributed by atoms with Crippen LogP contribution in [0, 0.1) is 5.82 Å². The second-order valence-corrected chi connectivity index (χ2v) is 8.12. The molecule has 0 amide bonds. The third-order valence-corrected chi connectivity index (χ3v) is 5.53. The summed E-state index contributed by atoms with van der Waals surface area (Å²) in [6.45, 7) is 11.6. The van der Waals surface area contributed by atoms with Crippen LogP contribution in [-0.4, -0.2) is 30.9 Å². The normalized spacial score (nSPS) is 18.0. The molecule has 2 aromatic rings. The van der Waals surface area contributed by atoms with Gasteiger partial charge in [-0.15, -0.1) is 0 Å². The molecule has 0 saturated heterocycles. The zero-order valence-electron chi connectivity index (χ0n) is 17.8. The van der Waals surface area contributed by atoms with Gasteiger partial charge in [-0.05, 0) is 75.9 Å². The van der Waals surface area contributed by atoms with Gasteiger partial charge in [-0.3, -0.25) is 4.99 Å². The molecule has 0 saturated carbocycles. The van der Waals surface area contributed by atoms with Crippen molar-refractivity contribution in [1.29, 1.82) is 0 Å². The van der Waals surface area contributed by atoms with Crippen LogP contribution < -0.4 is 4.90 Å². The summed E-state index contributed by atoms with van der Waals surface area (Å²) < 4.78 is 19.9. The maximum Gasteiger partial charge on any atom is 0.338 e. The second kappa shape index (κ2) is 8.36. The lowest BCUT2D eigenvalue weighted by molar-refractivity contribution is 0.0526. The Morgan fingerprint density at radius 3 is 2.76 bits per heavy atom. The van der Waals surface area contributed by atoms with Gasteiger partial charge >= 0.3 is 5.97 Å². The lowest BCUT2D eigenvalue weighted by Gasteiger charge is -2.47. The molecule has 0 spiro atoms. The van der Waals surface area contributed by atoms with Crippen LogP contribution in [0.4, 0.5) is 15.8 Å². The van der Waals surface area contributed by atoms with Gasteiger partial charge in [0.15, 0.2) is 0 Å². The van der Waals surface area contributed by atoms with E-state index >= 15 is 0 Å². The van der Waals surface area contributed by atoms with Gasteiger partial charge in [0.1, 0.15) is 5.82 Å². The highest BCUT2D eigenvalue weighted by Gasteiger charge is 2.36. The Balaban J connectivity index is 1.93. The van der Waals surface area contributed by atoms with E-state index in [1.165, 1.54) is 6.21 Å². The molecule has 1 unspecified atom stereocenters. The summed E-state index contributed by atoms with van der Waals surface area (Å²) in [7, 11) is 0. The predicted molar refractivity (Wildman–Crippen MR) is 116 cm³/mol. The third-order valence-electron chi connectivity index (χ3n) is 5.53. The van der Waals surface area contributed by atoms with Crippen molar-refractivity contribution in [1.82, 2.24) is 0 Å². The van der Waals surface area contributed by atoms with Gasteiger partial charge in [0.25, 0.3) is 0 Å². The van der Waals surface area contributed by atoms with Crippen LogP contribution in [0.25, 0.3) is 0 Å². The average Bonchev–Trinajstić information content (AvgIpc) is 2.67. The van der Waals surface area contributed by atoms with E-state index in [-0.39, 0.29) is 17.3 Å². The first-order valence-electron chi connectivity index (χ1n) is 10.2. The van der Waals surface area contributed by atoms with Crippen molar-refractivity contribution in [2.24, 2.45) is 4.99 Å². The van der Waals surface area contributed by atoms with Crippen LogP contribution in [0.5, 0.6) is 0 Å². The van der Waals surface area contributed by atoms with E-state index in [1.54, 1.807) is 37.3 Å². The number of esters is 1. The Morgan fingerprint density at radius 2 is 2.07 bits per heavy atom. The third kappa shape index (κ3) is 4.34. The Morgan fingerprint density at radius 1 is 1.31 bits per heavy atom. The summed E-state index contributed by atoms with van der Waals surface area (Å²) in [5, 5.41) is 0. The fourth-order valence-electron chi connectivity index (χ4n) is 4.29. The van der Waals surface area contributed by atoms with Crippen LogP contribution >= 0.6 is 0 Å². The van der Waals surface area contributed by atoms with E-state index in [2.05, 4.69) is 37.6 Å². The first kappa shape index (κ1) is 21.0. The maximum absolute atomic E-state index is 14.9. The molecular formula is C24H29FN2O2. The molecule has 0 bridgehead atoms. The summed E-state index contributed by atoms with van der Waals surface area (Å²) in [6.07, 6.45) is 2.54. The number of hydrogen-bond donors (Lipinski definition) is 0. The molecule has 1 heterocycles. The Bertz CT molecular complexity index is 936. The van der Waals surface area contributed by atoms with E-state index in [0.29, 0.717) is 29.3 Å². The van der Waals surface area contributed by atoms with Crippen molar-refractivity contribution in [3.05, 3.63) is 58.9 Å². The molecule has 3 rings (SSSR count). The minimum atomic E-state index is -0.388. The van der Waals surface area contributed by atoms with Crippen molar-refractivity contribution in [3.8, 4) is 0 Å². The smallest absolute Gasteiger partial charge is 0.338 e. The highest BCUT2D eigenvalue weighted by molar-refractivity contribution is 5.91. The molecule has 0 radical (unpaired) electrons. The van der Waals surface area contributed by atoms with Crippen LogP contribution in [0.2, 0.25) is 0 Å². The number of fused-ring (bicyclic) bond motifs is 1. The first-order valence-corrected chi connectivity index (χ1v) is 10.2. The van der Waals surface area contributed by atoms with Gasteiger partial charge in [0, 0.05) is 29.5 Å². The molecule has 2 aromatic carbocycles. The van der Waals surface area contributed by atoms with E-state index < -0.39 is 0 Å². The van der Waals surface area contributed by atoms with Crippen molar-refractivity contribution in [3.63, 3.8) is 0 Å². The molecule has 0 aliphatic carbocycles. The maximum atomic E-state index is 14.9. The minimum absolute atomic E-state index is 0.00322. The van der Waals surface area contributed by atoms with Crippen LogP contribution in [0.3, 0.4) is 0 Å². The van der Waals surface area contributed by atoms with Crippen LogP contribution in [0.15, 0.2) is 41.4 Å². The summed E-state index contributed by atoms with van der Waals surface area (Å²) in [6, 6.07) is 10.4. The second-order valence-electron chi connectivity index (χ2n) is 8.12. The van der Waals surface area contributed by atoms with Gasteiger partial charge in [0.2, 0.25) is 0 Å². The number of halogens is 1. The number of carbonyl (C=O) groups is 1. The summed E-state index contributed by atoms with van der Waals surface area (Å²) in [5.74, 6) is -0.347. The molecule has 29 heavy (non-hydrogen) atoms. The van der Waals surface area contributed by atoms with Crippen molar-refractivity contribution >= 4 is 23.6 Å². The van der Waals surface area contributed by atoms with Gasteiger partial charge in [0.05, 0.1) is 17.9 Å². The number of benzene rings is 2. The zero-order chi connectivity index (χ0) is 21.2. The lowest BCUT2D eigenvalue weighted by Crippen LogP contribution is -2.48. The zero-order valence-corrected chi connectivity index (χ0v) is 17.8. The highest BCUT2D eigenvalue weighted by atomic mass is 19.1. The van der Waals surface area contributed by atoms with E-state index in [9.17, 15) is 9.18 Å². The number of anilines is 1. The summed E-state index contributed by atoms with van der Waals surface area (Å²) in [5.41, 5.74) is 3.58. The standard InChI is InChI=1S/C24H29FN2O2/c1-6-27-22-13-21(25)18(12-20(22)16(3)14-24(27,4)5)15-26-19-10-8-9-17(11-19)23(28)29-7-2/h8-13,15-16H,6-7,14H2,1-5H3. The van der Waals surface area contributed by atoms with E-state index in [1.807, 2.05) is 6.07 Å². The number of aliphatic imine (C=N–C) groups is 1. The molecule has 1 atom stereocenters. The number of ether oxygens (including phenoxy) is 1. The molecule has 1 aliphatic heterocycles. The Kier molecular flexibility index (Phi) is 6.06. The van der Waals surface area contributed by atoms with Crippen molar-refractivity contribution in [2.45, 2.75) is 52.5 Å². The fourth-order valence-corrected chi connectivity index (χ4v) is 4.29. The summed E-state index contributed by atoms with van der Waals surface area (Å²) >= 11 is 0. The van der Waals surface area contributed by atoms with Gasteiger partial charge in [-0.1, -0.05) is 13.0 Å². The van der Waals surface area contributed by atoms with E-state index in [0.717, 1.165) is 24.2 Å². The number of rotatable bonds is 5. The van der Waals surface area contributed by atoms with Crippen LogP contribution in [-0.2, 0) is 4.74 Å². The van der Waals surface area contributed by atoms with Gasteiger partial charge in [-0.25, -0.2) is 9.18 Å². The Labute approximate surface area is 172 Å². The van der Waals surface area contributed by atoms with Crippen LogP contribution in [0.1, 0.15) is 68.4 Å². The largest absolute Gasteiger partial charge is 0.462 e. The molecule has 0 aromatic heterocycles. The number of hydrogen-bond acceptors (Lipinski definition) is 4. The first-order chi connectivity index (χ1) is 13.8. The predicted octanol–water partition coefficient (Wildman–Crippen LogP) is 5.87. The lowest BCUT2D eigenvalue weighted by atomic mass is 9.79. The highest BCUT2D eigenvalue weighted by Crippen LogP contribution is 2.43. The van der Waals surface area contributed by atoms with Gasteiger partial charge < -0.3 is 9.64 Å². The topological polar surface area (TPSA) is 41.9 Å². The average molecular weight is 397 g/mol. The number of carbonyl (C=O) groups excluding carboxylic acids is 1. The SMILES string of the molecule is CCOC(=O)c1cccc(N=Cc2cc3c(cc2F)N(CC)C(C)(C)CC3C)c1. The molecular weight excluding hydrogens is 367 g/mol. The Hall–Kier alpha value is -2.69. The number of nitrogens with zero attached hydrogens (tertiary/aromatic N) is 2. The quantitative estimate of drug-likeness (QED) is 0.469. The summed E-state index contributed by atoms with van der Waals surface area (Å²) in [4.78, 5) is 18.6. The molecule has 1 aliphatic rings. The van der Waals surface area contributed by atoms with Gasteiger partial charge in [-0.2, -0.15) is 0 Å². The minimum Gasteiger partial charge on any atom is -0.462 e. The van der Waals surface area contributed by atoms with Crippen molar-refractivity contribution in [2.75, 3.05) is 18.1 Å². The monoisotopic (exact) mass is 396 g/mol. The molecule has 0 fully saturated rings. The molecule has 0 N–H and O–H groups in total. The molecule has 154 valence electrons. The fraction of sp³-hybridized carbons (Fsp3) is 0.417. The van der Waals surface area contributed by atoms with Crippen molar-refractivity contribution < 1.29 is 13.9 Å². The molecule has 4 nitrogen and oxygen atoms in total.